The van der Waals surface area contributed by atoms with E-state index in [1.54, 1.807) is 0 Å². The molecule has 2 unspecified atom stereocenters. The second kappa shape index (κ2) is 17.3. The van der Waals surface area contributed by atoms with E-state index in [1.165, 1.54) is 38.5 Å². The standard InChI is InChI=1S/C22H44O5S/c1-4-7-9-10-11-12-13-14-15-16-18-21(22(23)24)28(25,26)27-19-20(6-3)17-8-5-2/h20-21H,4-19H2,1-3H3,(H,23,24). The molecule has 0 aliphatic carbocycles. The van der Waals surface area contributed by atoms with Gasteiger partial charge in [-0.2, -0.15) is 8.42 Å². The van der Waals surface area contributed by atoms with Gasteiger partial charge in [0.2, 0.25) is 0 Å². The molecule has 0 aliphatic heterocycles. The fourth-order valence-electron chi connectivity index (χ4n) is 3.38. The monoisotopic (exact) mass is 420 g/mol. The van der Waals surface area contributed by atoms with Gasteiger partial charge >= 0.3 is 5.97 Å². The van der Waals surface area contributed by atoms with Crippen LogP contribution >= 0.6 is 0 Å². The van der Waals surface area contributed by atoms with Crippen molar-refractivity contribution < 1.29 is 22.5 Å². The van der Waals surface area contributed by atoms with Crippen molar-refractivity contribution in [2.75, 3.05) is 6.61 Å². The molecule has 0 rings (SSSR count). The van der Waals surface area contributed by atoms with Gasteiger partial charge < -0.3 is 5.11 Å². The zero-order valence-corrected chi connectivity index (χ0v) is 19.3. The third-order valence-corrected chi connectivity index (χ3v) is 7.05. The van der Waals surface area contributed by atoms with Crippen LogP contribution in [0.2, 0.25) is 0 Å². The van der Waals surface area contributed by atoms with Crippen molar-refractivity contribution in [3.8, 4) is 0 Å². The lowest BCUT2D eigenvalue weighted by atomic mass is 10.0. The summed E-state index contributed by atoms with van der Waals surface area (Å²) in [7, 11) is -4.06. The summed E-state index contributed by atoms with van der Waals surface area (Å²) in [6.07, 6.45) is 15.3. The fourth-order valence-corrected chi connectivity index (χ4v) is 4.63. The minimum atomic E-state index is -4.06. The number of carboxylic acids is 1. The van der Waals surface area contributed by atoms with Crippen LogP contribution in [-0.4, -0.2) is 31.4 Å². The Hall–Kier alpha value is -0.620. The van der Waals surface area contributed by atoms with Gasteiger partial charge in [0.1, 0.15) is 0 Å². The summed E-state index contributed by atoms with van der Waals surface area (Å²) in [5, 5.41) is 7.92. The molecule has 0 bridgehead atoms. The van der Waals surface area contributed by atoms with Gasteiger partial charge in [-0.25, -0.2) is 0 Å². The van der Waals surface area contributed by atoms with Crippen LogP contribution in [0.5, 0.6) is 0 Å². The number of carboxylic acid groups (broad SMARTS) is 1. The third-order valence-electron chi connectivity index (χ3n) is 5.46. The van der Waals surface area contributed by atoms with E-state index in [2.05, 4.69) is 13.8 Å². The molecule has 0 saturated heterocycles. The largest absolute Gasteiger partial charge is 0.480 e. The highest BCUT2D eigenvalue weighted by Crippen LogP contribution is 2.19. The Morgan fingerprint density at radius 3 is 1.75 bits per heavy atom. The average molecular weight is 421 g/mol. The number of unbranched alkanes of at least 4 members (excludes halogenated alkanes) is 10. The van der Waals surface area contributed by atoms with E-state index in [-0.39, 0.29) is 18.9 Å². The summed E-state index contributed by atoms with van der Waals surface area (Å²) in [6, 6.07) is 0. The normalized spacial score (nSPS) is 14.1. The van der Waals surface area contributed by atoms with Crippen molar-refractivity contribution in [2.45, 2.75) is 122 Å². The molecule has 0 radical (unpaired) electrons. The fraction of sp³-hybridized carbons (Fsp3) is 0.955. The SMILES string of the molecule is CCCCCCCCCCCCC(C(=O)O)S(=O)(=O)OCC(CC)CCCC. The van der Waals surface area contributed by atoms with Crippen molar-refractivity contribution in [2.24, 2.45) is 5.92 Å². The van der Waals surface area contributed by atoms with Gasteiger partial charge in [0, 0.05) is 0 Å². The molecule has 0 heterocycles. The van der Waals surface area contributed by atoms with Crippen molar-refractivity contribution in [1.29, 1.82) is 0 Å². The highest BCUT2D eigenvalue weighted by Gasteiger charge is 2.33. The molecule has 0 aromatic rings. The van der Waals surface area contributed by atoms with E-state index >= 15 is 0 Å². The number of hydrogen-bond acceptors (Lipinski definition) is 4. The van der Waals surface area contributed by atoms with E-state index in [0.29, 0.717) is 6.42 Å². The molecule has 0 aliphatic rings. The molecule has 0 aromatic heterocycles. The summed E-state index contributed by atoms with van der Waals surface area (Å²) in [5.74, 6) is -1.13. The van der Waals surface area contributed by atoms with Gasteiger partial charge in [-0.05, 0) is 18.8 Å². The molecule has 168 valence electrons. The summed E-state index contributed by atoms with van der Waals surface area (Å²) in [5.41, 5.74) is 0. The first-order valence-electron chi connectivity index (χ1n) is 11.5. The van der Waals surface area contributed by atoms with Crippen LogP contribution in [0.15, 0.2) is 0 Å². The molecule has 1 N–H and O–H groups in total. The highest BCUT2D eigenvalue weighted by molar-refractivity contribution is 7.88. The Balaban J connectivity index is 4.16. The Bertz CT molecular complexity index is 475. The predicted octanol–water partition coefficient (Wildman–Crippen LogP) is 6.31. The van der Waals surface area contributed by atoms with Crippen LogP contribution < -0.4 is 0 Å². The lowest BCUT2D eigenvalue weighted by molar-refractivity contribution is -0.136. The van der Waals surface area contributed by atoms with Gasteiger partial charge in [0.05, 0.1) is 6.61 Å². The average Bonchev–Trinajstić information content (AvgIpc) is 2.65. The van der Waals surface area contributed by atoms with E-state index in [0.717, 1.165) is 44.9 Å². The molecule has 5 nitrogen and oxygen atoms in total. The highest BCUT2D eigenvalue weighted by atomic mass is 32.2. The molecule has 0 fully saturated rings. The second-order valence-corrected chi connectivity index (χ2v) is 9.78. The molecule has 6 heteroatoms. The lowest BCUT2D eigenvalue weighted by Gasteiger charge is -2.17. The number of hydrogen-bond donors (Lipinski definition) is 1. The predicted molar refractivity (Wildman–Crippen MR) is 116 cm³/mol. The molecule has 0 saturated carbocycles. The quantitative estimate of drug-likeness (QED) is 0.184. The van der Waals surface area contributed by atoms with E-state index < -0.39 is 21.3 Å². The first-order chi connectivity index (χ1) is 13.4. The maximum Gasteiger partial charge on any atom is 0.324 e. The first-order valence-corrected chi connectivity index (χ1v) is 13.0. The summed E-state index contributed by atoms with van der Waals surface area (Å²) in [6.45, 7) is 6.41. The molecular weight excluding hydrogens is 376 g/mol. The van der Waals surface area contributed by atoms with E-state index in [1.807, 2.05) is 6.92 Å². The molecule has 0 spiro atoms. The van der Waals surface area contributed by atoms with Gasteiger partial charge in [-0.15, -0.1) is 0 Å². The zero-order chi connectivity index (χ0) is 21.3. The minimum Gasteiger partial charge on any atom is -0.480 e. The Kier molecular flexibility index (Phi) is 16.9. The third kappa shape index (κ3) is 13.5. The Labute approximate surface area is 173 Å². The van der Waals surface area contributed by atoms with Gasteiger partial charge in [-0.3, -0.25) is 8.98 Å². The molecule has 0 aromatic carbocycles. The maximum atomic E-state index is 12.4. The number of carbonyl (C=O) groups is 1. The van der Waals surface area contributed by atoms with Gasteiger partial charge in [0.25, 0.3) is 10.1 Å². The van der Waals surface area contributed by atoms with Crippen LogP contribution in [0.1, 0.15) is 117 Å². The van der Waals surface area contributed by atoms with Crippen LogP contribution in [-0.2, 0) is 19.1 Å². The summed E-state index contributed by atoms with van der Waals surface area (Å²) in [4.78, 5) is 11.5. The van der Waals surface area contributed by atoms with Crippen LogP contribution in [0.4, 0.5) is 0 Å². The molecular formula is C22H44O5S. The van der Waals surface area contributed by atoms with Crippen LogP contribution in [0.3, 0.4) is 0 Å². The van der Waals surface area contributed by atoms with E-state index in [4.69, 9.17) is 4.18 Å². The lowest BCUT2D eigenvalue weighted by Crippen LogP contribution is -2.32. The van der Waals surface area contributed by atoms with Crippen molar-refractivity contribution in [3.05, 3.63) is 0 Å². The summed E-state index contributed by atoms with van der Waals surface area (Å²) >= 11 is 0. The second-order valence-electron chi connectivity index (χ2n) is 7.99. The topological polar surface area (TPSA) is 80.7 Å². The van der Waals surface area contributed by atoms with Crippen LogP contribution in [0, 0.1) is 5.92 Å². The Morgan fingerprint density at radius 2 is 1.29 bits per heavy atom. The van der Waals surface area contributed by atoms with Gasteiger partial charge in [-0.1, -0.05) is 104 Å². The molecule has 2 atom stereocenters. The smallest absolute Gasteiger partial charge is 0.324 e. The van der Waals surface area contributed by atoms with Crippen molar-refractivity contribution in [1.82, 2.24) is 0 Å². The zero-order valence-electron chi connectivity index (χ0n) is 18.5. The van der Waals surface area contributed by atoms with Crippen LogP contribution in [0.25, 0.3) is 0 Å². The minimum absolute atomic E-state index is 0.0979. The molecule has 28 heavy (non-hydrogen) atoms. The van der Waals surface area contributed by atoms with Gasteiger partial charge in [0.15, 0.2) is 5.25 Å². The van der Waals surface area contributed by atoms with Crippen molar-refractivity contribution >= 4 is 16.1 Å². The first kappa shape index (κ1) is 27.4. The number of rotatable bonds is 20. The summed E-state index contributed by atoms with van der Waals surface area (Å²) < 4.78 is 29.8. The number of aliphatic carboxylic acids is 1. The van der Waals surface area contributed by atoms with Crippen molar-refractivity contribution in [3.63, 3.8) is 0 Å². The molecule has 0 amide bonds. The van der Waals surface area contributed by atoms with E-state index in [9.17, 15) is 18.3 Å². The Morgan fingerprint density at radius 1 is 0.786 bits per heavy atom. The maximum absolute atomic E-state index is 12.4.